The van der Waals surface area contributed by atoms with Crippen LogP contribution in [-0.2, 0) is 4.74 Å². The van der Waals surface area contributed by atoms with E-state index in [9.17, 15) is 4.79 Å². The summed E-state index contributed by atoms with van der Waals surface area (Å²) in [6.07, 6.45) is 7.60. The fraction of sp³-hybridized carbons (Fsp3) is 0.750. The van der Waals surface area contributed by atoms with Gasteiger partial charge in [-0.25, -0.2) is 0 Å². The zero-order valence-electron chi connectivity index (χ0n) is 19.0. The van der Waals surface area contributed by atoms with Gasteiger partial charge in [-0.05, 0) is 50.2 Å². The molecule has 166 valence electrons. The molecule has 4 rings (SSSR count). The number of hydrogen-bond acceptors (Lipinski definition) is 5. The molecule has 0 N–H and O–H groups in total. The summed E-state index contributed by atoms with van der Waals surface area (Å²) in [4.78, 5) is 24.4. The Hall–Kier alpha value is -1.50. The van der Waals surface area contributed by atoms with Gasteiger partial charge in [0.05, 0.1) is 11.2 Å². The molecule has 1 spiro atoms. The monoisotopic (exact) mass is 414 g/mol. The number of likely N-dealkylation sites (tertiary alicyclic amines) is 1. The van der Waals surface area contributed by atoms with E-state index in [0.29, 0.717) is 6.04 Å². The van der Waals surface area contributed by atoms with Crippen LogP contribution < -0.4 is 0 Å². The number of carbonyl (C=O) groups excluding carboxylic acids is 1. The summed E-state index contributed by atoms with van der Waals surface area (Å²) < 4.78 is 6.37. The number of pyridine rings is 1. The van der Waals surface area contributed by atoms with Gasteiger partial charge in [0.1, 0.15) is 0 Å². The van der Waals surface area contributed by atoms with E-state index in [1.165, 1.54) is 32.7 Å². The van der Waals surface area contributed by atoms with Crippen molar-refractivity contribution in [1.29, 1.82) is 0 Å². The van der Waals surface area contributed by atoms with Crippen molar-refractivity contribution in [3.05, 3.63) is 29.6 Å². The minimum Gasteiger partial charge on any atom is -0.375 e. The summed E-state index contributed by atoms with van der Waals surface area (Å²) in [6, 6.07) is 2.54. The molecule has 0 saturated carbocycles. The summed E-state index contributed by atoms with van der Waals surface area (Å²) in [5.74, 6) is 0.857. The van der Waals surface area contributed by atoms with Crippen molar-refractivity contribution in [1.82, 2.24) is 19.7 Å². The minimum atomic E-state index is -0.0429. The Morgan fingerprint density at radius 3 is 2.60 bits per heavy atom. The van der Waals surface area contributed by atoms with Crippen LogP contribution in [-0.4, -0.2) is 89.7 Å². The number of aromatic nitrogens is 1. The Balaban J connectivity index is 1.31. The molecule has 1 atom stereocenters. The average molecular weight is 415 g/mol. The lowest BCUT2D eigenvalue weighted by Crippen LogP contribution is -2.57. The lowest BCUT2D eigenvalue weighted by atomic mass is 9.81. The third-order valence-corrected chi connectivity index (χ3v) is 7.24. The van der Waals surface area contributed by atoms with Gasteiger partial charge < -0.3 is 14.5 Å². The van der Waals surface area contributed by atoms with Crippen LogP contribution in [0, 0.1) is 12.8 Å². The molecule has 3 aliphatic rings. The zero-order chi connectivity index (χ0) is 21.1. The van der Waals surface area contributed by atoms with Crippen molar-refractivity contribution >= 4 is 5.91 Å². The third kappa shape index (κ3) is 4.87. The third-order valence-electron chi connectivity index (χ3n) is 7.24. The maximum Gasteiger partial charge on any atom is 0.255 e. The van der Waals surface area contributed by atoms with Gasteiger partial charge in [0, 0.05) is 70.9 Å². The van der Waals surface area contributed by atoms with Crippen molar-refractivity contribution in [3.8, 4) is 0 Å². The van der Waals surface area contributed by atoms with Crippen LogP contribution in [0.1, 0.15) is 55.5 Å². The molecule has 1 amide bonds. The van der Waals surface area contributed by atoms with Crippen molar-refractivity contribution in [2.75, 3.05) is 52.4 Å². The molecular formula is C24H38N4O2. The van der Waals surface area contributed by atoms with Gasteiger partial charge in [0.2, 0.25) is 0 Å². The molecule has 0 unspecified atom stereocenters. The van der Waals surface area contributed by atoms with Crippen LogP contribution in [0.3, 0.4) is 0 Å². The highest BCUT2D eigenvalue weighted by atomic mass is 16.5. The maximum absolute atomic E-state index is 12.9. The highest BCUT2D eigenvalue weighted by molar-refractivity contribution is 5.95. The number of rotatable bonds is 4. The number of hydrogen-bond donors (Lipinski definition) is 0. The van der Waals surface area contributed by atoms with Gasteiger partial charge in [-0.2, -0.15) is 0 Å². The Morgan fingerprint density at radius 2 is 1.93 bits per heavy atom. The van der Waals surface area contributed by atoms with Gasteiger partial charge in [-0.3, -0.25) is 14.7 Å². The van der Waals surface area contributed by atoms with E-state index in [1.54, 1.807) is 12.4 Å². The Labute approximate surface area is 181 Å². The van der Waals surface area contributed by atoms with E-state index in [4.69, 9.17) is 4.74 Å². The first-order chi connectivity index (χ1) is 14.5. The van der Waals surface area contributed by atoms with Gasteiger partial charge in [-0.15, -0.1) is 0 Å². The molecule has 1 aromatic heterocycles. The molecule has 0 radical (unpaired) electrons. The van der Waals surface area contributed by atoms with E-state index in [2.05, 4.69) is 28.6 Å². The van der Waals surface area contributed by atoms with E-state index < -0.39 is 0 Å². The van der Waals surface area contributed by atoms with Gasteiger partial charge in [0.25, 0.3) is 5.91 Å². The Bertz CT molecular complexity index is 722. The number of ether oxygens (including phenoxy) is 1. The molecule has 3 aliphatic heterocycles. The number of carbonyl (C=O) groups is 1. The number of nitrogens with zero attached hydrogens (tertiary/aromatic N) is 4. The van der Waals surface area contributed by atoms with E-state index in [-0.39, 0.29) is 11.5 Å². The van der Waals surface area contributed by atoms with Crippen molar-refractivity contribution in [2.45, 2.75) is 58.1 Å². The molecular weight excluding hydrogens is 376 g/mol. The fourth-order valence-corrected chi connectivity index (χ4v) is 5.47. The molecule has 3 fully saturated rings. The Morgan fingerprint density at radius 1 is 1.20 bits per heavy atom. The first kappa shape index (κ1) is 21.7. The van der Waals surface area contributed by atoms with Gasteiger partial charge in [0.15, 0.2) is 0 Å². The molecule has 1 aromatic rings. The van der Waals surface area contributed by atoms with Gasteiger partial charge >= 0.3 is 0 Å². The second-order valence-corrected chi connectivity index (χ2v) is 9.89. The first-order valence-corrected chi connectivity index (χ1v) is 11.8. The summed E-state index contributed by atoms with van der Waals surface area (Å²) in [7, 11) is 0. The average Bonchev–Trinajstić information content (AvgIpc) is 2.74. The SMILES string of the molecule is Cc1ccncc1C(=O)N1CCC2(CC1)C[C@@H](N1CCN(CC(C)C)CC1)CCO2. The highest BCUT2D eigenvalue weighted by Crippen LogP contribution is 2.37. The van der Waals surface area contributed by atoms with Crippen LogP contribution in [0.4, 0.5) is 0 Å². The van der Waals surface area contributed by atoms with E-state index in [0.717, 1.165) is 62.4 Å². The minimum absolute atomic E-state index is 0.0429. The maximum atomic E-state index is 12.9. The predicted octanol–water partition coefficient (Wildman–Crippen LogP) is 2.82. The second kappa shape index (κ2) is 9.33. The van der Waals surface area contributed by atoms with Crippen LogP contribution in [0.5, 0.6) is 0 Å². The summed E-state index contributed by atoms with van der Waals surface area (Å²) >= 11 is 0. The zero-order valence-corrected chi connectivity index (χ0v) is 19.0. The molecule has 3 saturated heterocycles. The van der Waals surface area contributed by atoms with Crippen LogP contribution in [0.2, 0.25) is 0 Å². The standard InChI is InChI=1S/C24H38N4O2/c1-19(2)18-26-11-13-27(14-12-26)21-5-15-30-24(16-21)6-9-28(10-7-24)23(29)22-17-25-8-4-20(22)3/h4,8,17,19,21H,5-7,9-16,18H2,1-3H3/t21-/m0/s1. The van der Waals surface area contributed by atoms with E-state index >= 15 is 0 Å². The first-order valence-electron chi connectivity index (χ1n) is 11.8. The summed E-state index contributed by atoms with van der Waals surface area (Å²) in [6.45, 7) is 15.0. The van der Waals surface area contributed by atoms with Crippen molar-refractivity contribution in [2.24, 2.45) is 5.92 Å². The topological polar surface area (TPSA) is 48.9 Å². The number of aryl methyl sites for hydroxylation is 1. The largest absolute Gasteiger partial charge is 0.375 e. The lowest BCUT2D eigenvalue weighted by molar-refractivity contribution is -0.132. The smallest absolute Gasteiger partial charge is 0.255 e. The highest BCUT2D eigenvalue weighted by Gasteiger charge is 2.43. The molecule has 30 heavy (non-hydrogen) atoms. The van der Waals surface area contributed by atoms with Crippen LogP contribution in [0.25, 0.3) is 0 Å². The fourth-order valence-electron chi connectivity index (χ4n) is 5.47. The lowest BCUT2D eigenvalue weighted by Gasteiger charge is -2.49. The number of piperidine rings is 1. The Kier molecular flexibility index (Phi) is 6.75. The molecule has 6 heteroatoms. The molecule has 0 aromatic carbocycles. The number of piperazine rings is 1. The van der Waals surface area contributed by atoms with Crippen molar-refractivity contribution < 1.29 is 9.53 Å². The molecule has 6 nitrogen and oxygen atoms in total. The summed E-state index contributed by atoms with van der Waals surface area (Å²) in [5.41, 5.74) is 1.69. The predicted molar refractivity (Wildman–Crippen MR) is 119 cm³/mol. The molecule has 0 bridgehead atoms. The second-order valence-electron chi connectivity index (χ2n) is 9.89. The summed E-state index contributed by atoms with van der Waals surface area (Å²) in [5, 5.41) is 0. The molecule has 4 heterocycles. The van der Waals surface area contributed by atoms with Crippen LogP contribution >= 0.6 is 0 Å². The quantitative estimate of drug-likeness (QED) is 0.758. The number of amides is 1. The van der Waals surface area contributed by atoms with Gasteiger partial charge in [-0.1, -0.05) is 13.8 Å². The molecule has 0 aliphatic carbocycles. The van der Waals surface area contributed by atoms with Crippen molar-refractivity contribution in [3.63, 3.8) is 0 Å². The normalized spacial score (nSPS) is 25.7. The van der Waals surface area contributed by atoms with Crippen LogP contribution in [0.15, 0.2) is 18.5 Å². The van der Waals surface area contributed by atoms with E-state index in [1.807, 2.05) is 17.9 Å².